The molecule has 0 spiro atoms. The van der Waals surface area contributed by atoms with Crippen molar-refractivity contribution in [3.8, 4) is 0 Å². The summed E-state index contributed by atoms with van der Waals surface area (Å²) in [7, 11) is -0.935. The first-order chi connectivity index (χ1) is 10.8. The van der Waals surface area contributed by atoms with Crippen LogP contribution in [0, 0.1) is 11.3 Å². The minimum Gasteiger partial charge on any atom is -0.395 e. The van der Waals surface area contributed by atoms with Gasteiger partial charge < -0.3 is 4.84 Å². The van der Waals surface area contributed by atoms with E-state index in [0.29, 0.717) is 18.3 Å². The third-order valence-electron chi connectivity index (χ3n) is 3.62. The lowest BCUT2D eigenvalue weighted by atomic mass is 9.92. The molecule has 0 bridgehead atoms. The molecular weight excluding hydrogens is 325 g/mol. The Bertz CT molecular complexity index is 556. The summed E-state index contributed by atoms with van der Waals surface area (Å²) in [6, 6.07) is 0. The Labute approximate surface area is 137 Å². The molecule has 0 aromatic carbocycles. The molecule has 1 atom stereocenters. The van der Waals surface area contributed by atoms with Crippen LogP contribution in [0.3, 0.4) is 0 Å². The Balaban J connectivity index is 2.05. The van der Waals surface area contributed by atoms with E-state index in [9.17, 15) is 13.2 Å². The van der Waals surface area contributed by atoms with Gasteiger partial charge in [-0.15, -0.1) is 0 Å². The van der Waals surface area contributed by atoms with Gasteiger partial charge in [-0.2, -0.15) is 19.7 Å². The van der Waals surface area contributed by atoms with E-state index >= 15 is 0 Å². The first-order valence-corrected chi connectivity index (χ1v) is 9.29. The minimum atomic E-state index is -2.24. The van der Waals surface area contributed by atoms with Crippen LogP contribution in [-0.2, 0) is 4.84 Å². The van der Waals surface area contributed by atoms with Crippen molar-refractivity contribution in [3.05, 3.63) is 22.5 Å². The normalized spacial score (nSPS) is 23.0. The van der Waals surface area contributed by atoms with Crippen LogP contribution in [0.5, 0.6) is 0 Å². The fraction of sp³-hybridized carbons (Fsp3) is 0.625. The van der Waals surface area contributed by atoms with Crippen molar-refractivity contribution in [2.24, 2.45) is 21.5 Å². The second kappa shape index (κ2) is 7.55. The van der Waals surface area contributed by atoms with Crippen molar-refractivity contribution in [2.75, 3.05) is 12.4 Å². The van der Waals surface area contributed by atoms with Gasteiger partial charge in [0, 0.05) is 22.3 Å². The highest BCUT2D eigenvalue weighted by molar-refractivity contribution is 8.32. The number of halogens is 3. The molecule has 0 radical (unpaired) electrons. The quantitative estimate of drug-likeness (QED) is 0.384. The Morgan fingerprint density at radius 1 is 1.39 bits per heavy atom. The molecule has 0 amide bonds. The highest BCUT2D eigenvalue weighted by Crippen LogP contribution is 2.46. The molecule has 2 aliphatic rings. The van der Waals surface area contributed by atoms with Gasteiger partial charge in [-0.3, -0.25) is 4.99 Å². The van der Waals surface area contributed by atoms with Crippen molar-refractivity contribution < 1.29 is 18.0 Å². The maximum Gasteiger partial charge on any atom is 0.301 e. The van der Waals surface area contributed by atoms with E-state index in [-0.39, 0.29) is 11.8 Å². The largest absolute Gasteiger partial charge is 0.395 e. The monoisotopic (exact) mass is 348 g/mol. The number of hydrogen-bond donors (Lipinski definition) is 1. The predicted octanol–water partition coefficient (Wildman–Crippen LogP) is 5.17. The first-order valence-electron chi connectivity index (χ1n) is 7.69. The van der Waals surface area contributed by atoms with Gasteiger partial charge in [0.15, 0.2) is 5.83 Å². The van der Waals surface area contributed by atoms with E-state index in [4.69, 9.17) is 4.84 Å². The average Bonchev–Trinajstić information content (AvgIpc) is 3.19. The maximum atomic E-state index is 13.1. The van der Waals surface area contributed by atoms with Crippen LogP contribution in [0.15, 0.2) is 32.7 Å². The maximum absolute atomic E-state index is 13.1. The Morgan fingerprint density at radius 3 is 2.65 bits per heavy atom. The molecule has 1 saturated carbocycles. The first kappa shape index (κ1) is 18.1. The van der Waals surface area contributed by atoms with E-state index in [1.54, 1.807) is 11.8 Å². The summed E-state index contributed by atoms with van der Waals surface area (Å²) >= 11 is 0. The topological polar surface area (TPSA) is 34.0 Å². The van der Waals surface area contributed by atoms with Gasteiger partial charge in [0.1, 0.15) is 6.61 Å². The molecule has 3 nitrogen and oxygen atoms in total. The molecule has 1 aliphatic carbocycles. The summed E-state index contributed by atoms with van der Waals surface area (Å²) < 4.78 is 37.5. The van der Waals surface area contributed by atoms with E-state index in [2.05, 4.69) is 10.1 Å². The molecule has 2 rings (SSSR count). The summed E-state index contributed by atoms with van der Waals surface area (Å²) in [6.45, 7) is 6.69. The number of thiol groups is 1. The van der Waals surface area contributed by atoms with E-state index in [1.165, 1.54) is 12.8 Å². The lowest BCUT2D eigenvalue weighted by molar-refractivity contribution is 0.135. The second-order valence-electron chi connectivity index (χ2n) is 6.81. The van der Waals surface area contributed by atoms with Crippen molar-refractivity contribution in [1.82, 2.24) is 0 Å². The summed E-state index contributed by atoms with van der Waals surface area (Å²) in [5, 5.41) is 4.01. The number of hydrogen-bond acceptors (Lipinski definition) is 3. The summed E-state index contributed by atoms with van der Waals surface area (Å²) in [5.74, 6) is -0.436. The van der Waals surface area contributed by atoms with Crippen molar-refractivity contribution in [3.63, 3.8) is 0 Å². The van der Waals surface area contributed by atoms with Crippen LogP contribution in [0.4, 0.5) is 13.2 Å². The summed E-state index contributed by atoms with van der Waals surface area (Å²) in [5.41, 5.74) is 2.43. The fourth-order valence-electron chi connectivity index (χ4n) is 2.12. The smallest absolute Gasteiger partial charge is 0.301 e. The zero-order valence-corrected chi connectivity index (χ0v) is 14.5. The number of aliphatic imine (C=N–C) groups is 1. The molecule has 7 heteroatoms. The second-order valence-corrected chi connectivity index (χ2v) is 8.91. The van der Waals surface area contributed by atoms with Crippen LogP contribution in [0.2, 0.25) is 0 Å². The average molecular weight is 348 g/mol. The van der Waals surface area contributed by atoms with Crippen LogP contribution in [-0.4, -0.2) is 24.1 Å². The Morgan fingerprint density at radius 2 is 2.09 bits per heavy atom. The molecule has 0 aromatic heterocycles. The molecule has 0 N–H and O–H groups in total. The van der Waals surface area contributed by atoms with Gasteiger partial charge in [0.25, 0.3) is 0 Å². The van der Waals surface area contributed by atoms with Crippen molar-refractivity contribution in [1.29, 1.82) is 0 Å². The number of allylic oxidation sites excluding steroid dienone is 3. The third kappa shape index (κ3) is 5.41. The van der Waals surface area contributed by atoms with Gasteiger partial charge >= 0.3 is 6.08 Å². The molecule has 130 valence electrons. The van der Waals surface area contributed by atoms with Crippen LogP contribution in [0.25, 0.3) is 0 Å². The fourth-order valence-corrected chi connectivity index (χ4v) is 4.15. The Hall–Kier alpha value is -1.24. The highest BCUT2D eigenvalue weighted by atomic mass is 32.2. The van der Waals surface area contributed by atoms with Gasteiger partial charge in [-0.1, -0.05) is 25.9 Å². The van der Waals surface area contributed by atoms with E-state index < -0.39 is 22.8 Å². The molecule has 1 aliphatic heterocycles. The Kier molecular flexibility index (Phi) is 5.95. The summed E-state index contributed by atoms with van der Waals surface area (Å²) in [6.07, 6.45) is 1.48. The van der Waals surface area contributed by atoms with Crippen molar-refractivity contribution >= 4 is 22.7 Å². The zero-order valence-electron chi connectivity index (χ0n) is 13.7. The van der Waals surface area contributed by atoms with Crippen molar-refractivity contribution in [2.45, 2.75) is 40.0 Å². The summed E-state index contributed by atoms with van der Waals surface area (Å²) in [4.78, 5) is 10.6. The third-order valence-corrected chi connectivity index (χ3v) is 5.67. The predicted molar refractivity (Wildman–Crippen MR) is 91.0 cm³/mol. The molecule has 1 unspecified atom stereocenters. The molecule has 0 aromatic rings. The lowest BCUT2D eigenvalue weighted by Gasteiger charge is -2.21. The number of oxime groups is 1. The van der Waals surface area contributed by atoms with Crippen LogP contribution in [0.1, 0.15) is 40.0 Å². The number of nitrogens with zero attached hydrogens (tertiary/aromatic N) is 2. The highest BCUT2D eigenvalue weighted by Gasteiger charge is 2.27. The SMILES string of the molecule is CC(C)(C)C1=C(/C=N/OCC2CC2)[SH](CCC(F)=C(F)F)C=N1. The van der Waals surface area contributed by atoms with Gasteiger partial charge in [0.05, 0.1) is 11.9 Å². The number of rotatable bonds is 7. The van der Waals surface area contributed by atoms with Crippen LogP contribution >= 0.6 is 10.9 Å². The van der Waals surface area contributed by atoms with Crippen LogP contribution < -0.4 is 0 Å². The van der Waals surface area contributed by atoms with Gasteiger partial charge in [0.2, 0.25) is 0 Å². The van der Waals surface area contributed by atoms with Gasteiger partial charge in [-0.05, 0) is 24.5 Å². The molecular formula is C16H23F3N2OS. The van der Waals surface area contributed by atoms with E-state index in [0.717, 1.165) is 10.6 Å². The molecule has 1 fully saturated rings. The lowest BCUT2D eigenvalue weighted by Crippen LogP contribution is -2.09. The molecule has 0 saturated heterocycles. The zero-order chi connectivity index (χ0) is 17.0. The van der Waals surface area contributed by atoms with E-state index in [1.807, 2.05) is 20.8 Å². The minimum absolute atomic E-state index is 0.189. The molecule has 1 heterocycles. The standard InChI is InChI=1S/C16H23F3N2OS/c1-16(2,3)14-13(8-21-22-9-11-4-5-11)23(10-20-14)7-6-12(17)15(18)19/h8,10-11,23H,4-7,9H2,1-3H3/b21-8+. The van der Waals surface area contributed by atoms with Gasteiger partial charge in [-0.25, -0.2) is 4.39 Å². The molecule has 23 heavy (non-hydrogen) atoms.